The molecule has 0 aliphatic heterocycles. The summed E-state index contributed by atoms with van der Waals surface area (Å²) in [4.78, 5) is 12.0. The largest absolute Gasteiger partial charge is 0.378 e. The molecule has 138 valence electrons. The number of ether oxygens (including phenoxy) is 1. The molecule has 6 nitrogen and oxygen atoms in total. The van der Waals surface area contributed by atoms with E-state index in [1.54, 1.807) is 0 Å². The number of carbonyl (C=O) groups is 1. The lowest BCUT2D eigenvalue weighted by molar-refractivity contribution is -0.139. The predicted octanol–water partition coefficient (Wildman–Crippen LogP) is 1.27. The van der Waals surface area contributed by atoms with Crippen molar-refractivity contribution in [1.29, 1.82) is 0 Å². The van der Waals surface area contributed by atoms with Gasteiger partial charge in [0.1, 0.15) is 9.84 Å². The molecule has 8 heteroatoms. The highest BCUT2D eigenvalue weighted by molar-refractivity contribution is 7.90. The number of hydrogen-bond donors (Lipinski definition) is 2. The highest BCUT2D eigenvalue weighted by Crippen LogP contribution is 2.42. The molecule has 1 saturated carbocycles. The molecule has 0 radical (unpaired) electrons. The van der Waals surface area contributed by atoms with Gasteiger partial charge in [-0.15, -0.1) is 12.4 Å². The van der Waals surface area contributed by atoms with Gasteiger partial charge in [-0.25, -0.2) is 8.42 Å². The summed E-state index contributed by atoms with van der Waals surface area (Å²) < 4.78 is 28.1. The maximum Gasteiger partial charge on any atom is 0.237 e. The van der Waals surface area contributed by atoms with Crippen molar-refractivity contribution in [2.45, 2.75) is 64.6 Å². The van der Waals surface area contributed by atoms with Gasteiger partial charge in [0.2, 0.25) is 5.91 Å². The molecule has 0 heterocycles. The topological polar surface area (TPSA) is 98.5 Å². The van der Waals surface area contributed by atoms with Crippen molar-refractivity contribution in [3.05, 3.63) is 0 Å². The molecule has 3 atom stereocenters. The first-order valence-electron chi connectivity index (χ1n) is 7.93. The molecule has 3 unspecified atom stereocenters. The second-order valence-electron chi connectivity index (χ2n) is 6.86. The maximum absolute atomic E-state index is 12.0. The zero-order valence-electron chi connectivity index (χ0n) is 14.5. The van der Waals surface area contributed by atoms with Crippen LogP contribution in [0.4, 0.5) is 0 Å². The van der Waals surface area contributed by atoms with Gasteiger partial charge in [0.25, 0.3) is 0 Å². The Morgan fingerprint density at radius 1 is 1.43 bits per heavy atom. The van der Waals surface area contributed by atoms with Crippen LogP contribution < -0.4 is 11.1 Å². The Hall–Kier alpha value is -0.370. The molecule has 0 saturated heterocycles. The highest BCUT2D eigenvalue weighted by Gasteiger charge is 2.49. The van der Waals surface area contributed by atoms with Crippen LogP contribution in [0.25, 0.3) is 0 Å². The third-order valence-corrected chi connectivity index (χ3v) is 5.42. The molecule has 0 bridgehead atoms. The fourth-order valence-corrected chi connectivity index (χ4v) is 3.22. The van der Waals surface area contributed by atoms with Crippen LogP contribution in [0, 0.1) is 5.41 Å². The van der Waals surface area contributed by atoms with Crippen LogP contribution in [0.2, 0.25) is 0 Å². The fourth-order valence-electron chi connectivity index (χ4n) is 2.53. The van der Waals surface area contributed by atoms with Gasteiger partial charge in [-0.05, 0) is 19.3 Å². The summed E-state index contributed by atoms with van der Waals surface area (Å²) in [5.41, 5.74) is 5.64. The van der Waals surface area contributed by atoms with Crippen LogP contribution in [0.1, 0.15) is 46.5 Å². The second-order valence-corrected chi connectivity index (χ2v) is 9.12. The van der Waals surface area contributed by atoms with Crippen LogP contribution in [0.5, 0.6) is 0 Å². The van der Waals surface area contributed by atoms with E-state index in [2.05, 4.69) is 26.1 Å². The van der Waals surface area contributed by atoms with Crippen LogP contribution >= 0.6 is 12.4 Å². The average Bonchev–Trinajstić information content (AvgIpc) is 2.41. The molecule has 1 amide bonds. The minimum Gasteiger partial charge on any atom is -0.378 e. The molecule has 3 N–H and O–H groups in total. The minimum atomic E-state index is -3.10. The zero-order chi connectivity index (χ0) is 17.0. The third-order valence-electron chi connectivity index (χ3n) is 4.45. The van der Waals surface area contributed by atoms with E-state index < -0.39 is 15.9 Å². The van der Waals surface area contributed by atoms with Gasteiger partial charge < -0.3 is 15.8 Å². The lowest BCUT2D eigenvalue weighted by Gasteiger charge is -2.51. The maximum atomic E-state index is 12.0. The molecule has 1 fully saturated rings. The van der Waals surface area contributed by atoms with E-state index in [0.717, 1.165) is 32.1 Å². The number of sulfone groups is 1. The monoisotopic (exact) mass is 370 g/mol. The van der Waals surface area contributed by atoms with Gasteiger partial charge in [0, 0.05) is 24.3 Å². The summed E-state index contributed by atoms with van der Waals surface area (Å²) >= 11 is 0. The number of amides is 1. The van der Waals surface area contributed by atoms with E-state index in [9.17, 15) is 13.2 Å². The smallest absolute Gasteiger partial charge is 0.237 e. The Labute approximate surface area is 146 Å². The molecule has 0 spiro atoms. The number of nitrogens with two attached hydrogens (primary N) is 1. The molecular formula is C15H31ClN2O4S. The molecule has 1 aliphatic carbocycles. The number of halogens is 1. The minimum absolute atomic E-state index is 0. The van der Waals surface area contributed by atoms with E-state index in [0.29, 0.717) is 0 Å². The van der Waals surface area contributed by atoms with E-state index in [1.807, 2.05) is 0 Å². The molecule has 23 heavy (non-hydrogen) atoms. The van der Waals surface area contributed by atoms with Crippen LogP contribution in [-0.2, 0) is 19.4 Å². The number of nitrogens with one attached hydrogen (secondary N) is 1. The number of hydrogen-bond acceptors (Lipinski definition) is 5. The Kier molecular flexibility index (Phi) is 9.05. The molecular weight excluding hydrogens is 340 g/mol. The highest BCUT2D eigenvalue weighted by atomic mass is 35.5. The summed E-state index contributed by atoms with van der Waals surface area (Å²) in [6, 6.07) is -0.763. The van der Waals surface area contributed by atoms with Crippen molar-refractivity contribution in [3.63, 3.8) is 0 Å². The Morgan fingerprint density at radius 2 is 2.04 bits per heavy atom. The number of carbonyl (C=O) groups excluding carboxylic acids is 1. The van der Waals surface area contributed by atoms with Gasteiger partial charge >= 0.3 is 0 Å². The molecule has 1 rings (SSSR count). The number of rotatable bonds is 9. The summed E-state index contributed by atoms with van der Waals surface area (Å²) in [5, 5.41) is 2.92. The molecule has 1 aliphatic rings. The first kappa shape index (κ1) is 22.6. The lowest BCUT2D eigenvalue weighted by Crippen LogP contribution is -2.63. The third kappa shape index (κ3) is 6.95. The van der Waals surface area contributed by atoms with Crippen molar-refractivity contribution < 1.29 is 17.9 Å². The Morgan fingerprint density at radius 3 is 2.52 bits per heavy atom. The zero-order valence-corrected chi connectivity index (χ0v) is 16.1. The van der Waals surface area contributed by atoms with Crippen LogP contribution in [0.15, 0.2) is 0 Å². The Balaban J connectivity index is 0.00000484. The molecule has 0 aromatic rings. The Bertz CT molecular complexity index is 482. The van der Waals surface area contributed by atoms with Crippen molar-refractivity contribution in [3.8, 4) is 0 Å². The summed E-state index contributed by atoms with van der Waals surface area (Å²) in [5.74, 6) is -0.355. The molecule has 0 aromatic heterocycles. The summed E-state index contributed by atoms with van der Waals surface area (Å²) in [6.07, 6.45) is 4.36. The van der Waals surface area contributed by atoms with Crippen LogP contribution in [-0.4, -0.2) is 51.1 Å². The van der Waals surface area contributed by atoms with Gasteiger partial charge in [-0.2, -0.15) is 0 Å². The average molecular weight is 371 g/mol. The van der Waals surface area contributed by atoms with E-state index in [-0.39, 0.29) is 48.0 Å². The first-order chi connectivity index (χ1) is 10.1. The van der Waals surface area contributed by atoms with Gasteiger partial charge in [-0.1, -0.05) is 27.2 Å². The second kappa shape index (κ2) is 9.20. The van der Waals surface area contributed by atoms with Gasteiger partial charge in [0.15, 0.2) is 0 Å². The standard InChI is InChI=1S/C15H30N2O4S.ClH/c1-5-6-8-21-13-10-12(15(13,2)3)17-14(18)11(16)7-9-22(4,19)20;/h11-13H,5-10,16H2,1-4H3,(H,17,18);1H. The predicted molar refractivity (Wildman–Crippen MR) is 94.5 cm³/mol. The van der Waals surface area contributed by atoms with Crippen molar-refractivity contribution in [2.75, 3.05) is 18.6 Å². The van der Waals surface area contributed by atoms with Crippen molar-refractivity contribution >= 4 is 28.2 Å². The van der Waals surface area contributed by atoms with Crippen LogP contribution in [0.3, 0.4) is 0 Å². The SMILES string of the molecule is CCCCOC1CC(NC(=O)C(N)CCS(C)(=O)=O)C1(C)C.Cl. The lowest BCUT2D eigenvalue weighted by atomic mass is 9.64. The quantitative estimate of drug-likeness (QED) is 0.595. The van der Waals surface area contributed by atoms with Gasteiger partial charge in [-0.3, -0.25) is 4.79 Å². The normalized spacial score (nSPS) is 24.2. The van der Waals surface area contributed by atoms with E-state index in [4.69, 9.17) is 10.5 Å². The van der Waals surface area contributed by atoms with E-state index >= 15 is 0 Å². The van der Waals surface area contributed by atoms with Gasteiger partial charge in [0.05, 0.1) is 17.9 Å². The fraction of sp³-hybridized carbons (Fsp3) is 0.933. The summed E-state index contributed by atoms with van der Waals surface area (Å²) in [6.45, 7) is 7.01. The first-order valence-corrected chi connectivity index (χ1v) is 9.99. The summed E-state index contributed by atoms with van der Waals surface area (Å²) in [7, 11) is -3.10. The van der Waals surface area contributed by atoms with Crippen molar-refractivity contribution in [2.24, 2.45) is 11.1 Å². The van der Waals surface area contributed by atoms with E-state index in [1.165, 1.54) is 0 Å². The number of unbranched alkanes of at least 4 members (excludes halogenated alkanes) is 1. The van der Waals surface area contributed by atoms with Crippen molar-refractivity contribution in [1.82, 2.24) is 5.32 Å². The molecule has 0 aromatic carbocycles.